The van der Waals surface area contributed by atoms with E-state index in [0.717, 1.165) is 27.9 Å². The van der Waals surface area contributed by atoms with Crippen LogP contribution in [0.1, 0.15) is 50.4 Å². The smallest absolute Gasteiger partial charge is 0.255 e. The molecule has 45 heavy (non-hydrogen) atoms. The number of morpholine rings is 1. The maximum atomic E-state index is 14.5. The van der Waals surface area contributed by atoms with E-state index in [-0.39, 0.29) is 17.5 Å². The van der Waals surface area contributed by atoms with Crippen LogP contribution in [0.5, 0.6) is 0 Å². The number of nitrogens with zero attached hydrogens (tertiary/aromatic N) is 3. The molecule has 2 aromatic heterocycles. The molecule has 1 saturated heterocycles. The second kappa shape index (κ2) is 12.8. The predicted molar refractivity (Wildman–Crippen MR) is 174 cm³/mol. The van der Waals surface area contributed by atoms with Crippen molar-refractivity contribution in [3.63, 3.8) is 0 Å². The Morgan fingerprint density at radius 2 is 1.76 bits per heavy atom. The number of aryl methyl sites for hydroxylation is 2. The molecule has 5 aromatic rings. The van der Waals surface area contributed by atoms with E-state index in [1.54, 1.807) is 30.7 Å². The highest BCUT2D eigenvalue weighted by atomic mass is 19.1. The molecular formula is C35H35FN6O3. The van der Waals surface area contributed by atoms with Crippen LogP contribution in [0.15, 0.2) is 85.3 Å². The molecule has 1 aliphatic rings. The largest absolute Gasteiger partial charge is 0.378 e. The number of nitrogens with one attached hydrogen (secondary N) is 3. The number of carbonyl (C=O) groups is 2. The van der Waals surface area contributed by atoms with Crippen molar-refractivity contribution in [2.24, 2.45) is 0 Å². The zero-order chi connectivity index (χ0) is 31.5. The van der Waals surface area contributed by atoms with Gasteiger partial charge in [0.2, 0.25) is 0 Å². The summed E-state index contributed by atoms with van der Waals surface area (Å²) >= 11 is 0. The highest BCUT2D eigenvalue weighted by Gasteiger charge is 2.20. The fourth-order valence-corrected chi connectivity index (χ4v) is 5.57. The van der Waals surface area contributed by atoms with Crippen LogP contribution in [0.25, 0.3) is 5.52 Å². The number of fused-ring (bicyclic) bond motifs is 1. The molecule has 1 aliphatic heterocycles. The molecule has 1 unspecified atom stereocenters. The van der Waals surface area contributed by atoms with Gasteiger partial charge in [-0.1, -0.05) is 36.4 Å². The van der Waals surface area contributed by atoms with Crippen LogP contribution in [0.2, 0.25) is 0 Å². The molecule has 230 valence electrons. The van der Waals surface area contributed by atoms with Crippen LogP contribution < -0.4 is 20.9 Å². The zero-order valence-corrected chi connectivity index (χ0v) is 25.4. The Balaban J connectivity index is 1.22. The Kier molecular flexibility index (Phi) is 8.48. The maximum absolute atomic E-state index is 14.5. The van der Waals surface area contributed by atoms with Crippen molar-refractivity contribution in [1.82, 2.24) is 14.7 Å². The number of anilines is 4. The average Bonchev–Trinajstić information content (AvgIpc) is 3.40. The summed E-state index contributed by atoms with van der Waals surface area (Å²) in [5.74, 6) is -0.493. The molecule has 0 radical (unpaired) electrons. The molecule has 1 atom stereocenters. The van der Waals surface area contributed by atoms with Crippen molar-refractivity contribution in [1.29, 1.82) is 0 Å². The van der Waals surface area contributed by atoms with Crippen LogP contribution in [-0.2, 0) is 4.74 Å². The lowest BCUT2D eigenvalue weighted by atomic mass is 10.1. The van der Waals surface area contributed by atoms with Gasteiger partial charge in [0.1, 0.15) is 5.82 Å². The molecule has 1 fully saturated rings. The van der Waals surface area contributed by atoms with E-state index in [4.69, 9.17) is 4.74 Å². The fraction of sp³-hybridized carbons (Fsp3) is 0.229. The van der Waals surface area contributed by atoms with Crippen LogP contribution >= 0.6 is 0 Å². The standard InChI is InChI=1S/C35H35FN6O3/c1-22-9-10-28(39-34(43)26-17-27(36)19-29(18-26)41-13-15-45-16-14-41)20-31(22)40-33-32-23(2)30(21-42(32)12-11-37-33)35(44)38-24(3)25-7-5-4-6-8-25/h4-12,17-21,24H,13-16H2,1-3H3,(H,37,40)(H,38,44)(H,39,43). The first-order valence-corrected chi connectivity index (χ1v) is 14.9. The number of carbonyl (C=O) groups excluding carboxylic acids is 2. The van der Waals surface area contributed by atoms with E-state index in [2.05, 4.69) is 20.9 Å². The third-order valence-corrected chi connectivity index (χ3v) is 8.10. The number of aromatic nitrogens is 2. The summed E-state index contributed by atoms with van der Waals surface area (Å²) in [6.45, 7) is 8.20. The first-order valence-electron chi connectivity index (χ1n) is 14.9. The van der Waals surface area contributed by atoms with Crippen LogP contribution in [0.3, 0.4) is 0 Å². The van der Waals surface area contributed by atoms with Gasteiger partial charge in [-0.15, -0.1) is 0 Å². The minimum Gasteiger partial charge on any atom is -0.378 e. The number of halogens is 1. The molecule has 3 heterocycles. The number of hydrogen-bond donors (Lipinski definition) is 3. The number of hydrogen-bond acceptors (Lipinski definition) is 6. The van der Waals surface area contributed by atoms with Crippen molar-refractivity contribution in [2.45, 2.75) is 26.8 Å². The summed E-state index contributed by atoms with van der Waals surface area (Å²) in [4.78, 5) is 33.1. The fourth-order valence-electron chi connectivity index (χ4n) is 5.57. The van der Waals surface area contributed by atoms with Crippen LogP contribution in [-0.4, -0.2) is 47.5 Å². The second-order valence-corrected chi connectivity index (χ2v) is 11.2. The number of rotatable bonds is 8. The zero-order valence-electron chi connectivity index (χ0n) is 25.4. The summed E-state index contributed by atoms with van der Waals surface area (Å²) in [5.41, 5.74) is 6.20. The molecule has 0 spiro atoms. The third kappa shape index (κ3) is 6.51. The lowest BCUT2D eigenvalue weighted by Gasteiger charge is -2.29. The summed E-state index contributed by atoms with van der Waals surface area (Å²) in [6, 6.07) is 19.5. The minimum absolute atomic E-state index is 0.157. The number of ether oxygens (including phenoxy) is 1. The lowest BCUT2D eigenvalue weighted by molar-refractivity contribution is 0.0938. The van der Waals surface area contributed by atoms with Gasteiger partial charge in [0.25, 0.3) is 11.8 Å². The third-order valence-electron chi connectivity index (χ3n) is 8.10. The van der Waals surface area contributed by atoms with E-state index in [1.807, 2.05) is 72.5 Å². The topological polar surface area (TPSA) is 100 Å². The van der Waals surface area contributed by atoms with Gasteiger partial charge in [0.05, 0.1) is 30.3 Å². The normalized spacial score (nSPS) is 13.8. The van der Waals surface area contributed by atoms with Crippen molar-refractivity contribution >= 4 is 40.2 Å². The van der Waals surface area contributed by atoms with E-state index in [1.165, 1.54) is 12.1 Å². The van der Waals surface area contributed by atoms with Gasteiger partial charge in [-0.25, -0.2) is 9.37 Å². The molecule has 3 N–H and O–H groups in total. The molecule has 3 aromatic carbocycles. The number of benzene rings is 3. The Bertz CT molecular complexity index is 1870. The van der Waals surface area contributed by atoms with E-state index in [0.29, 0.717) is 49.1 Å². The van der Waals surface area contributed by atoms with Crippen molar-refractivity contribution in [3.8, 4) is 0 Å². The van der Waals surface area contributed by atoms with Gasteiger partial charge in [0, 0.05) is 54.3 Å². The van der Waals surface area contributed by atoms with E-state index in [9.17, 15) is 14.0 Å². The lowest BCUT2D eigenvalue weighted by Crippen LogP contribution is -2.36. The first kappa shape index (κ1) is 29.8. The first-order chi connectivity index (χ1) is 21.8. The summed E-state index contributed by atoms with van der Waals surface area (Å²) in [5, 5.41) is 9.39. The molecular weight excluding hydrogens is 571 g/mol. The van der Waals surface area contributed by atoms with Crippen LogP contribution in [0, 0.1) is 19.7 Å². The molecule has 2 amide bonds. The quantitative estimate of drug-likeness (QED) is 0.189. The molecule has 6 rings (SSSR count). The Labute approximate surface area is 261 Å². The Hall–Kier alpha value is -5.22. The Morgan fingerprint density at radius 3 is 2.53 bits per heavy atom. The van der Waals surface area contributed by atoms with Crippen molar-refractivity contribution < 1.29 is 18.7 Å². The second-order valence-electron chi connectivity index (χ2n) is 11.2. The van der Waals surface area contributed by atoms with Gasteiger partial charge in [-0.3, -0.25) is 9.59 Å². The van der Waals surface area contributed by atoms with E-state index >= 15 is 0 Å². The Morgan fingerprint density at radius 1 is 0.978 bits per heavy atom. The van der Waals surface area contributed by atoms with Gasteiger partial charge in [0.15, 0.2) is 5.82 Å². The minimum atomic E-state index is -0.472. The van der Waals surface area contributed by atoms with E-state index < -0.39 is 11.7 Å². The average molecular weight is 607 g/mol. The van der Waals surface area contributed by atoms with Crippen molar-refractivity contribution in [3.05, 3.63) is 119 Å². The summed E-state index contributed by atoms with van der Waals surface area (Å²) < 4.78 is 21.8. The van der Waals surface area contributed by atoms with Gasteiger partial charge in [-0.2, -0.15) is 0 Å². The highest BCUT2D eigenvalue weighted by Crippen LogP contribution is 2.30. The number of amides is 2. The van der Waals surface area contributed by atoms with Gasteiger partial charge >= 0.3 is 0 Å². The maximum Gasteiger partial charge on any atom is 0.255 e. The molecule has 0 aliphatic carbocycles. The molecule has 0 bridgehead atoms. The summed E-state index contributed by atoms with van der Waals surface area (Å²) in [7, 11) is 0. The summed E-state index contributed by atoms with van der Waals surface area (Å²) in [6.07, 6.45) is 5.27. The molecule has 10 heteroatoms. The predicted octanol–water partition coefficient (Wildman–Crippen LogP) is 6.41. The SMILES string of the molecule is Cc1ccc(NC(=O)c2cc(F)cc(N3CCOCC3)c2)cc1Nc1nccn2cc(C(=O)NC(C)c3ccccc3)c(C)c12. The van der Waals surface area contributed by atoms with Gasteiger partial charge < -0.3 is 30.0 Å². The molecule has 9 nitrogen and oxygen atoms in total. The molecule has 0 saturated carbocycles. The van der Waals surface area contributed by atoms with Gasteiger partial charge in [-0.05, 0) is 67.8 Å². The monoisotopic (exact) mass is 606 g/mol. The highest BCUT2D eigenvalue weighted by molar-refractivity contribution is 6.05. The van der Waals surface area contributed by atoms with Crippen molar-refractivity contribution in [2.75, 3.05) is 41.8 Å². The van der Waals surface area contributed by atoms with Crippen LogP contribution in [0.4, 0.5) is 27.3 Å².